The van der Waals surface area contributed by atoms with E-state index in [0.29, 0.717) is 12.0 Å². The Morgan fingerprint density at radius 2 is 2.00 bits per heavy atom. The number of esters is 1. The van der Waals surface area contributed by atoms with Gasteiger partial charge in [-0.1, -0.05) is 6.08 Å². The van der Waals surface area contributed by atoms with Crippen LogP contribution in [0.3, 0.4) is 0 Å². The molecule has 3 rings (SSSR count). The predicted octanol–water partition coefficient (Wildman–Crippen LogP) is -1.59. The molecule has 0 spiro atoms. The van der Waals surface area contributed by atoms with Gasteiger partial charge in [-0.2, -0.15) is 0 Å². The number of ether oxygens (including phenoxy) is 4. The summed E-state index contributed by atoms with van der Waals surface area (Å²) < 4.78 is 21.4. The van der Waals surface area contributed by atoms with Crippen molar-refractivity contribution in [1.29, 1.82) is 0 Å². The summed E-state index contributed by atoms with van der Waals surface area (Å²) in [5.74, 6) is -1.06. The van der Waals surface area contributed by atoms with Gasteiger partial charge in [-0.3, -0.25) is 0 Å². The molecule has 0 aromatic rings. The lowest BCUT2D eigenvalue weighted by molar-refractivity contribution is -0.339. The normalized spacial score (nSPS) is 44.2. The third kappa shape index (κ3) is 3.31. The van der Waals surface area contributed by atoms with Crippen LogP contribution in [0.25, 0.3) is 0 Å². The molecule has 0 amide bonds. The van der Waals surface area contributed by atoms with E-state index in [1.54, 1.807) is 6.08 Å². The zero-order chi connectivity index (χ0) is 18.1. The zero-order valence-electron chi connectivity index (χ0n) is 13.4. The average Bonchev–Trinajstić information content (AvgIpc) is 2.62. The molecule has 0 bridgehead atoms. The topological polar surface area (TPSA) is 135 Å². The van der Waals surface area contributed by atoms with E-state index in [4.69, 9.17) is 18.9 Å². The first-order chi connectivity index (χ1) is 12.0. The van der Waals surface area contributed by atoms with Crippen molar-refractivity contribution < 1.29 is 44.2 Å². The summed E-state index contributed by atoms with van der Waals surface area (Å²) in [6, 6.07) is 0. The SMILES string of the molecule is C=C[C@H]1[C@H](O[C@@H]2OC(CO)[C@@H](O)[C@@H](O)C2O)OC=C2C(=O)OCC[C@H]21. The van der Waals surface area contributed by atoms with Gasteiger partial charge in [0.1, 0.15) is 24.4 Å². The van der Waals surface area contributed by atoms with Crippen molar-refractivity contribution in [3.63, 3.8) is 0 Å². The van der Waals surface area contributed by atoms with Gasteiger partial charge >= 0.3 is 5.97 Å². The zero-order valence-corrected chi connectivity index (χ0v) is 13.4. The molecule has 0 aliphatic carbocycles. The van der Waals surface area contributed by atoms with Crippen molar-refractivity contribution in [2.24, 2.45) is 11.8 Å². The summed E-state index contributed by atoms with van der Waals surface area (Å²) in [6.07, 6.45) is -4.44. The first-order valence-electron chi connectivity index (χ1n) is 8.09. The van der Waals surface area contributed by atoms with Crippen LogP contribution < -0.4 is 0 Å². The van der Waals surface area contributed by atoms with Gasteiger partial charge in [0.2, 0.25) is 6.29 Å². The molecule has 9 nitrogen and oxygen atoms in total. The number of hydrogen-bond acceptors (Lipinski definition) is 9. The average molecular weight is 358 g/mol. The molecule has 2 unspecified atom stereocenters. The first kappa shape index (κ1) is 18.3. The second-order valence-electron chi connectivity index (χ2n) is 6.26. The molecule has 3 heterocycles. The van der Waals surface area contributed by atoms with Gasteiger partial charge in [0.25, 0.3) is 0 Å². The summed E-state index contributed by atoms with van der Waals surface area (Å²) in [7, 11) is 0. The molecule has 0 aromatic carbocycles. The van der Waals surface area contributed by atoms with Crippen LogP contribution in [0.1, 0.15) is 6.42 Å². The molecular weight excluding hydrogens is 336 g/mol. The maximum atomic E-state index is 11.8. The fourth-order valence-electron chi connectivity index (χ4n) is 3.34. The van der Waals surface area contributed by atoms with Crippen LogP contribution in [0.2, 0.25) is 0 Å². The third-order valence-electron chi connectivity index (χ3n) is 4.79. The molecule has 2 fully saturated rings. The van der Waals surface area contributed by atoms with Crippen LogP contribution in [0.4, 0.5) is 0 Å². The Balaban J connectivity index is 1.75. The summed E-state index contributed by atoms with van der Waals surface area (Å²) in [5.41, 5.74) is 0.393. The molecule has 8 atom stereocenters. The monoisotopic (exact) mass is 358 g/mol. The van der Waals surface area contributed by atoms with Crippen molar-refractivity contribution in [2.75, 3.05) is 13.2 Å². The number of carbonyl (C=O) groups is 1. The van der Waals surface area contributed by atoms with E-state index in [-0.39, 0.29) is 12.5 Å². The minimum atomic E-state index is -1.54. The lowest BCUT2D eigenvalue weighted by Gasteiger charge is -2.43. The van der Waals surface area contributed by atoms with Gasteiger partial charge in [-0.05, 0) is 6.42 Å². The number of aliphatic hydroxyl groups excluding tert-OH is 4. The Morgan fingerprint density at radius 1 is 1.24 bits per heavy atom. The minimum Gasteiger partial charge on any atom is -0.471 e. The Labute approximate surface area is 144 Å². The van der Waals surface area contributed by atoms with E-state index < -0.39 is 55.5 Å². The van der Waals surface area contributed by atoms with Crippen molar-refractivity contribution in [3.8, 4) is 0 Å². The van der Waals surface area contributed by atoms with Crippen LogP contribution in [0.5, 0.6) is 0 Å². The summed E-state index contributed by atoms with van der Waals surface area (Å²) in [5, 5.41) is 38.9. The molecule has 9 heteroatoms. The highest BCUT2D eigenvalue weighted by Gasteiger charge is 2.48. The summed E-state index contributed by atoms with van der Waals surface area (Å²) in [4.78, 5) is 11.8. The Bertz CT molecular complexity index is 546. The van der Waals surface area contributed by atoms with E-state index >= 15 is 0 Å². The molecule has 0 saturated carbocycles. The lowest BCUT2D eigenvalue weighted by atomic mass is 9.81. The second kappa shape index (κ2) is 7.40. The molecule has 25 heavy (non-hydrogen) atoms. The number of cyclic esters (lactones) is 1. The highest BCUT2D eigenvalue weighted by Crippen LogP contribution is 2.38. The first-order valence-corrected chi connectivity index (χ1v) is 8.09. The largest absolute Gasteiger partial charge is 0.471 e. The quantitative estimate of drug-likeness (QED) is 0.346. The molecule has 3 aliphatic heterocycles. The van der Waals surface area contributed by atoms with Gasteiger partial charge in [0.15, 0.2) is 6.29 Å². The fraction of sp³-hybridized carbons (Fsp3) is 0.688. The van der Waals surface area contributed by atoms with Crippen LogP contribution in [0, 0.1) is 11.8 Å². The van der Waals surface area contributed by atoms with Crippen LogP contribution >= 0.6 is 0 Å². The van der Waals surface area contributed by atoms with Crippen molar-refractivity contribution in [3.05, 3.63) is 24.5 Å². The second-order valence-corrected chi connectivity index (χ2v) is 6.26. The minimum absolute atomic E-state index is 0.206. The van der Waals surface area contributed by atoms with Crippen LogP contribution in [-0.2, 0) is 23.7 Å². The highest BCUT2D eigenvalue weighted by atomic mass is 16.8. The molecule has 4 N–H and O–H groups in total. The van der Waals surface area contributed by atoms with E-state index in [1.807, 2.05) is 0 Å². The molecule has 0 aromatic heterocycles. The molecule has 2 saturated heterocycles. The van der Waals surface area contributed by atoms with E-state index in [9.17, 15) is 25.2 Å². The van der Waals surface area contributed by atoms with Gasteiger partial charge in [0, 0.05) is 11.8 Å². The Kier molecular flexibility index (Phi) is 5.42. The summed E-state index contributed by atoms with van der Waals surface area (Å²) >= 11 is 0. The van der Waals surface area contributed by atoms with Crippen molar-refractivity contribution in [2.45, 2.75) is 43.4 Å². The Morgan fingerprint density at radius 3 is 2.68 bits per heavy atom. The number of aliphatic hydroxyl groups is 4. The molecule has 140 valence electrons. The van der Waals surface area contributed by atoms with E-state index in [0.717, 1.165) is 0 Å². The highest BCUT2D eigenvalue weighted by molar-refractivity contribution is 5.89. The van der Waals surface area contributed by atoms with E-state index in [1.165, 1.54) is 6.26 Å². The fourth-order valence-corrected chi connectivity index (χ4v) is 3.34. The number of hydrogen-bond donors (Lipinski definition) is 4. The number of carbonyl (C=O) groups excluding carboxylic acids is 1. The van der Waals surface area contributed by atoms with Gasteiger partial charge in [-0.15, -0.1) is 6.58 Å². The number of fused-ring (bicyclic) bond motifs is 1. The van der Waals surface area contributed by atoms with Gasteiger partial charge in [0.05, 0.1) is 25.0 Å². The molecule has 3 aliphatic rings. The third-order valence-corrected chi connectivity index (χ3v) is 4.79. The van der Waals surface area contributed by atoms with E-state index in [2.05, 4.69) is 6.58 Å². The van der Waals surface area contributed by atoms with Crippen LogP contribution in [-0.4, -0.2) is 76.6 Å². The Hall–Kier alpha value is -1.49. The standard InChI is InChI=1S/C16H22O9/c1-2-7-8-3-4-22-14(21)9(8)6-23-15(7)25-16-13(20)12(19)11(18)10(5-17)24-16/h2,6-8,10-13,15-20H,1,3-5H2/t7-,8+,10?,11-,12-,13?,15+,16+/m1/s1. The lowest BCUT2D eigenvalue weighted by Crippen LogP contribution is -2.60. The van der Waals surface area contributed by atoms with Gasteiger partial charge in [-0.25, -0.2) is 4.79 Å². The number of rotatable bonds is 4. The van der Waals surface area contributed by atoms with Gasteiger partial charge < -0.3 is 39.4 Å². The summed E-state index contributed by atoms with van der Waals surface area (Å²) in [6.45, 7) is 3.47. The van der Waals surface area contributed by atoms with Crippen molar-refractivity contribution in [1.82, 2.24) is 0 Å². The smallest absolute Gasteiger partial charge is 0.337 e. The maximum absolute atomic E-state index is 11.8. The molecular formula is C16H22O9. The maximum Gasteiger partial charge on any atom is 0.337 e. The van der Waals surface area contributed by atoms with Crippen LogP contribution in [0.15, 0.2) is 24.5 Å². The predicted molar refractivity (Wildman–Crippen MR) is 80.6 cm³/mol. The van der Waals surface area contributed by atoms with Crippen molar-refractivity contribution >= 4 is 5.97 Å². The molecule has 0 radical (unpaired) electrons.